The number of hydrogen-bond donors (Lipinski definition) is 2. The zero-order chi connectivity index (χ0) is 15.3. The van der Waals surface area contributed by atoms with Crippen LogP contribution in [0.1, 0.15) is 6.92 Å². The number of alkyl halides is 1. The van der Waals surface area contributed by atoms with Crippen molar-refractivity contribution in [3.63, 3.8) is 0 Å². The van der Waals surface area contributed by atoms with Gasteiger partial charge in [0.25, 0.3) is 5.91 Å². The molecule has 0 radical (unpaired) electrons. The molecule has 2 unspecified atom stereocenters. The molecule has 1 aromatic carbocycles. The van der Waals surface area contributed by atoms with Crippen LogP contribution >= 0.6 is 23.2 Å². The number of benzene rings is 1. The second-order valence-electron chi connectivity index (χ2n) is 3.92. The number of nitrogens with one attached hydrogen (secondary N) is 1. The largest absolute Gasteiger partial charge is 0.481 e. The number of ether oxygens (including phenoxy) is 1. The van der Waals surface area contributed by atoms with E-state index < -0.39 is 30.7 Å². The lowest BCUT2D eigenvalue weighted by Gasteiger charge is -2.17. The van der Waals surface area contributed by atoms with Gasteiger partial charge in [-0.2, -0.15) is 0 Å². The summed E-state index contributed by atoms with van der Waals surface area (Å²) in [6, 6.07) is 2.78. The van der Waals surface area contributed by atoms with Gasteiger partial charge in [0.05, 0.1) is 0 Å². The maximum atomic E-state index is 12.4. The maximum Gasteiger partial charge on any atom is 0.328 e. The van der Waals surface area contributed by atoms with Crippen LogP contribution in [0.15, 0.2) is 18.2 Å². The molecular formula is C12H12Cl2FNO4. The van der Waals surface area contributed by atoms with Gasteiger partial charge in [-0.05, 0) is 25.1 Å². The smallest absolute Gasteiger partial charge is 0.328 e. The van der Waals surface area contributed by atoms with E-state index in [1.165, 1.54) is 25.1 Å². The summed E-state index contributed by atoms with van der Waals surface area (Å²) < 4.78 is 17.7. The first-order valence-electron chi connectivity index (χ1n) is 5.55. The number of carboxylic acids is 1. The van der Waals surface area contributed by atoms with E-state index in [0.717, 1.165) is 0 Å². The van der Waals surface area contributed by atoms with Gasteiger partial charge in [0, 0.05) is 10.0 Å². The fraction of sp³-hybridized carbons (Fsp3) is 0.333. The molecule has 0 aliphatic heterocycles. The molecular weight excluding hydrogens is 312 g/mol. The number of carbonyl (C=O) groups is 2. The molecule has 8 heteroatoms. The predicted molar refractivity (Wildman–Crippen MR) is 72.1 cm³/mol. The van der Waals surface area contributed by atoms with Crippen LogP contribution in [0.4, 0.5) is 4.39 Å². The fourth-order valence-electron chi connectivity index (χ4n) is 1.31. The van der Waals surface area contributed by atoms with Crippen molar-refractivity contribution >= 4 is 35.1 Å². The molecule has 1 aromatic rings. The summed E-state index contributed by atoms with van der Waals surface area (Å²) in [5.41, 5.74) is 0. The molecule has 0 fully saturated rings. The standard InChI is InChI=1S/C12H12Cl2FNO4/c1-6(11(17)16-10(5-15)12(18)19)20-9-3-7(13)2-8(14)4-9/h2-4,6,10H,5H2,1H3,(H,16,17)(H,18,19). The van der Waals surface area contributed by atoms with E-state index in [1.807, 2.05) is 5.32 Å². The van der Waals surface area contributed by atoms with Crippen LogP contribution in [0.3, 0.4) is 0 Å². The van der Waals surface area contributed by atoms with Gasteiger partial charge < -0.3 is 15.2 Å². The minimum atomic E-state index is -1.60. The van der Waals surface area contributed by atoms with Gasteiger partial charge in [-0.15, -0.1) is 0 Å². The van der Waals surface area contributed by atoms with Crippen molar-refractivity contribution < 1.29 is 23.8 Å². The molecule has 2 atom stereocenters. The van der Waals surface area contributed by atoms with Crippen molar-refractivity contribution in [3.05, 3.63) is 28.2 Å². The summed E-state index contributed by atoms with van der Waals surface area (Å²) in [5.74, 6) is -1.97. The molecule has 0 saturated carbocycles. The van der Waals surface area contributed by atoms with Gasteiger partial charge in [-0.3, -0.25) is 4.79 Å². The maximum absolute atomic E-state index is 12.4. The van der Waals surface area contributed by atoms with E-state index in [-0.39, 0.29) is 5.75 Å². The van der Waals surface area contributed by atoms with Crippen LogP contribution in [0.25, 0.3) is 0 Å². The summed E-state index contributed by atoms with van der Waals surface area (Å²) in [4.78, 5) is 22.3. The number of rotatable bonds is 6. The minimum Gasteiger partial charge on any atom is -0.481 e. The van der Waals surface area contributed by atoms with Gasteiger partial charge >= 0.3 is 5.97 Å². The first-order chi connectivity index (χ1) is 9.33. The van der Waals surface area contributed by atoms with Crippen molar-refractivity contribution in [2.75, 3.05) is 6.67 Å². The Morgan fingerprint density at radius 2 is 1.90 bits per heavy atom. The van der Waals surface area contributed by atoms with Crippen molar-refractivity contribution in [1.29, 1.82) is 0 Å². The fourth-order valence-corrected chi connectivity index (χ4v) is 1.82. The summed E-state index contributed by atoms with van der Waals surface area (Å²) in [6.07, 6.45) is -1.03. The highest BCUT2D eigenvalue weighted by Crippen LogP contribution is 2.24. The molecule has 0 bridgehead atoms. The monoisotopic (exact) mass is 323 g/mol. The summed E-state index contributed by atoms with van der Waals surface area (Å²) >= 11 is 11.5. The zero-order valence-corrected chi connectivity index (χ0v) is 11.9. The number of aliphatic carboxylic acids is 1. The van der Waals surface area contributed by atoms with Gasteiger partial charge in [-0.25, -0.2) is 9.18 Å². The Morgan fingerprint density at radius 1 is 1.35 bits per heavy atom. The number of hydrogen-bond acceptors (Lipinski definition) is 3. The summed E-state index contributed by atoms with van der Waals surface area (Å²) in [7, 11) is 0. The third-order valence-electron chi connectivity index (χ3n) is 2.29. The molecule has 1 rings (SSSR count). The SMILES string of the molecule is CC(Oc1cc(Cl)cc(Cl)c1)C(=O)NC(CF)C(=O)O. The lowest BCUT2D eigenvalue weighted by molar-refractivity contribution is -0.143. The second-order valence-corrected chi connectivity index (χ2v) is 4.79. The van der Waals surface area contributed by atoms with E-state index in [4.69, 9.17) is 33.0 Å². The molecule has 0 aromatic heterocycles. The van der Waals surface area contributed by atoms with Gasteiger partial charge in [-0.1, -0.05) is 23.2 Å². The summed E-state index contributed by atoms with van der Waals surface area (Å²) in [5, 5.41) is 11.3. The van der Waals surface area contributed by atoms with Gasteiger partial charge in [0.2, 0.25) is 0 Å². The average Bonchev–Trinajstić information content (AvgIpc) is 2.33. The Balaban J connectivity index is 2.68. The molecule has 0 spiro atoms. The van der Waals surface area contributed by atoms with Crippen molar-refractivity contribution in [2.45, 2.75) is 19.1 Å². The van der Waals surface area contributed by atoms with Crippen molar-refractivity contribution in [2.24, 2.45) is 0 Å². The van der Waals surface area contributed by atoms with Crippen molar-refractivity contribution in [3.8, 4) is 5.75 Å². The third kappa shape index (κ3) is 4.86. The van der Waals surface area contributed by atoms with E-state index in [1.54, 1.807) is 0 Å². The topological polar surface area (TPSA) is 75.6 Å². The van der Waals surface area contributed by atoms with E-state index >= 15 is 0 Å². The zero-order valence-electron chi connectivity index (χ0n) is 10.4. The lowest BCUT2D eigenvalue weighted by Crippen LogP contribution is -2.47. The Morgan fingerprint density at radius 3 is 2.35 bits per heavy atom. The molecule has 110 valence electrons. The lowest BCUT2D eigenvalue weighted by atomic mass is 10.3. The summed E-state index contributed by atoms with van der Waals surface area (Å²) in [6.45, 7) is 0.179. The van der Waals surface area contributed by atoms with Crippen LogP contribution in [0, 0.1) is 0 Å². The molecule has 20 heavy (non-hydrogen) atoms. The molecule has 2 N–H and O–H groups in total. The highest BCUT2D eigenvalue weighted by molar-refractivity contribution is 6.34. The highest BCUT2D eigenvalue weighted by Gasteiger charge is 2.23. The molecule has 0 saturated heterocycles. The normalized spacial score (nSPS) is 13.4. The second kappa shape index (κ2) is 7.31. The first-order valence-corrected chi connectivity index (χ1v) is 6.31. The quantitative estimate of drug-likeness (QED) is 0.842. The van der Waals surface area contributed by atoms with Gasteiger partial charge in [0.1, 0.15) is 12.4 Å². The predicted octanol–water partition coefficient (Wildman–Crippen LogP) is 2.30. The van der Waals surface area contributed by atoms with E-state index in [9.17, 15) is 14.0 Å². The molecule has 0 aliphatic carbocycles. The van der Waals surface area contributed by atoms with Crippen LogP contribution < -0.4 is 10.1 Å². The molecule has 0 aliphatic rings. The molecule has 0 heterocycles. The Hall–Kier alpha value is -1.53. The minimum absolute atomic E-state index is 0.247. The van der Waals surface area contributed by atoms with E-state index in [0.29, 0.717) is 10.0 Å². The number of halogens is 3. The number of amides is 1. The Kier molecular flexibility index (Phi) is 6.04. The average molecular weight is 324 g/mol. The van der Waals surface area contributed by atoms with Crippen LogP contribution in [-0.2, 0) is 9.59 Å². The van der Waals surface area contributed by atoms with Gasteiger partial charge in [0.15, 0.2) is 12.1 Å². The Bertz CT molecular complexity index is 492. The number of carboxylic acid groups (broad SMARTS) is 1. The highest BCUT2D eigenvalue weighted by atomic mass is 35.5. The number of carbonyl (C=O) groups excluding carboxylic acids is 1. The molecule has 1 amide bonds. The first kappa shape index (κ1) is 16.5. The van der Waals surface area contributed by atoms with Crippen LogP contribution in [-0.4, -0.2) is 35.8 Å². The van der Waals surface area contributed by atoms with Crippen LogP contribution in [0.2, 0.25) is 10.0 Å². The van der Waals surface area contributed by atoms with Crippen molar-refractivity contribution in [1.82, 2.24) is 5.32 Å². The van der Waals surface area contributed by atoms with E-state index in [2.05, 4.69) is 0 Å². The Labute approximate surface area is 124 Å². The van der Waals surface area contributed by atoms with Crippen LogP contribution in [0.5, 0.6) is 5.75 Å². The molecule has 5 nitrogen and oxygen atoms in total. The third-order valence-corrected chi connectivity index (χ3v) is 2.72.